The highest BCUT2D eigenvalue weighted by atomic mass is 32.2. The van der Waals surface area contributed by atoms with Gasteiger partial charge in [0.05, 0.1) is 4.90 Å². The van der Waals surface area contributed by atoms with Crippen molar-refractivity contribution in [2.24, 2.45) is 0 Å². The highest BCUT2D eigenvalue weighted by Gasteiger charge is 2.18. The van der Waals surface area contributed by atoms with E-state index in [0.717, 1.165) is 11.1 Å². The van der Waals surface area contributed by atoms with Crippen molar-refractivity contribution >= 4 is 10.0 Å². The number of nitrogens with one attached hydrogen (secondary N) is 1. The van der Waals surface area contributed by atoms with Crippen molar-refractivity contribution in [3.8, 4) is 0 Å². The Balaban J connectivity index is 2.23. The number of nitrogens with zero attached hydrogens (tertiary/aromatic N) is 1. The number of aromatic nitrogens is 1. The lowest BCUT2D eigenvalue weighted by atomic mass is 10.1. The number of hydrogen-bond donors (Lipinski definition) is 1. The molecular formula is C14H16N2O2S. The summed E-state index contributed by atoms with van der Waals surface area (Å²) in [5.41, 5.74) is 1.80. The predicted octanol–water partition coefficient (Wildman–Crippen LogP) is 2.43. The molecule has 1 heterocycles. The fourth-order valence-electron chi connectivity index (χ4n) is 1.80. The molecule has 1 N–H and O–H groups in total. The van der Waals surface area contributed by atoms with Gasteiger partial charge in [0, 0.05) is 18.4 Å². The minimum atomic E-state index is -3.50. The van der Waals surface area contributed by atoms with Crippen molar-refractivity contribution < 1.29 is 8.42 Å². The SMILES string of the molecule is Cc1cccc(S(=O)(=O)NC(C)c2ccncc2)c1. The van der Waals surface area contributed by atoms with E-state index >= 15 is 0 Å². The smallest absolute Gasteiger partial charge is 0.241 e. The molecular weight excluding hydrogens is 260 g/mol. The zero-order valence-corrected chi connectivity index (χ0v) is 11.7. The van der Waals surface area contributed by atoms with Crippen LogP contribution in [0.5, 0.6) is 0 Å². The van der Waals surface area contributed by atoms with Gasteiger partial charge in [0.25, 0.3) is 0 Å². The zero-order chi connectivity index (χ0) is 13.9. The molecule has 0 spiro atoms. The standard InChI is InChI=1S/C14H16N2O2S/c1-11-4-3-5-14(10-11)19(17,18)16-12(2)13-6-8-15-9-7-13/h3-10,12,16H,1-2H3. The maximum atomic E-state index is 12.2. The Morgan fingerprint density at radius 3 is 2.47 bits per heavy atom. The second-order valence-corrected chi connectivity index (χ2v) is 6.15. The Labute approximate surface area is 113 Å². The fraction of sp³-hybridized carbons (Fsp3) is 0.214. The fourth-order valence-corrected chi connectivity index (χ4v) is 3.14. The quantitative estimate of drug-likeness (QED) is 0.933. The van der Waals surface area contributed by atoms with Crippen molar-refractivity contribution in [1.82, 2.24) is 9.71 Å². The molecule has 0 aliphatic carbocycles. The van der Waals surface area contributed by atoms with Gasteiger partial charge >= 0.3 is 0 Å². The number of aryl methyl sites for hydroxylation is 1. The summed E-state index contributed by atoms with van der Waals surface area (Å²) >= 11 is 0. The normalized spacial score (nSPS) is 13.2. The Morgan fingerprint density at radius 1 is 1.16 bits per heavy atom. The maximum absolute atomic E-state index is 12.2. The first-order chi connectivity index (χ1) is 8.99. The molecule has 2 rings (SSSR count). The van der Waals surface area contributed by atoms with Gasteiger partial charge in [-0.25, -0.2) is 13.1 Å². The summed E-state index contributed by atoms with van der Waals surface area (Å²) in [5, 5.41) is 0. The van der Waals surface area contributed by atoms with Crippen LogP contribution in [0, 0.1) is 6.92 Å². The molecule has 1 aromatic heterocycles. The summed E-state index contributed by atoms with van der Waals surface area (Å²) in [6.45, 7) is 3.67. The van der Waals surface area contributed by atoms with E-state index in [4.69, 9.17) is 0 Å². The van der Waals surface area contributed by atoms with Gasteiger partial charge in [-0.1, -0.05) is 12.1 Å². The van der Waals surface area contributed by atoms with Crippen molar-refractivity contribution in [1.29, 1.82) is 0 Å². The van der Waals surface area contributed by atoms with E-state index in [1.54, 1.807) is 42.7 Å². The zero-order valence-electron chi connectivity index (χ0n) is 10.9. The van der Waals surface area contributed by atoms with Crippen LogP contribution in [0.25, 0.3) is 0 Å². The summed E-state index contributed by atoms with van der Waals surface area (Å²) in [6, 6.07) is 10.1. The van der Waals surface area contributed by atoms with Crippen LogP contribution in [0.1, 0.15) is 24.1 Å². The van der Waals surface area contributed by atoms with Gasteiger partial charge in [-0.2, -0.15) is 0 Å². The summed E-state index contributed by atoms with van der Waals surface area (Å²) in [6.07, 6.45) is 3.29. The topological polar surface area (TPSA) is 59.1 Å². The highest BCUT2D eigenvalue weighted by Crippen LogP contribution is 2.16. The Kier molecular flexibility index (Phi) is 3.97. The molecule has 100 valence electrons. The maximum Gasteiger partial charge on any atom is 0.241 e. The molecule has 2 aromatic rings. The minimum absolute atomic E-state index is 0.286. The molecule has 0 aliphatic rings. The van der Waals surface area contributed by atoms with Gasteiger partial charge in [0.15, 0.2) is 0 Å². The van der Waals surface area contributed by atoms with Crippen molar-refractivity contribution in [2.75, 3.05) is 0 Å². The average Bonchev–Trinajstić information content (AvgIpc) is 2.39. The van der Waals surface area contributed by atoms with E-state index < -0.39 is 10.0 Å². The lowest BCUT2D eigenvalue weighted by molar-refractivity contribution is 0.566. The number of hydrogen-bond acceptors (Lipinski definition) is 3. The third-order valence-electron chi connectivity index (χ3n) is 2.84. The van der Waals surface area contributed by atoms with Crippen LogP contribution in [-0.2, 0) is 10.0 Å². The van der Waals surface area contributed by atoms with Crippen molar-refractivity contribution in [3.63, 3.8) is 0 Å². The Morgan fingerprint density at radius 2 is 1.84 bits per heavy atom. The second kappa shape index (κ2) is 5.50. The van der Waals surface area contributed by atoms with Gasteiger partial charge in [-0.3, -0.25) is 4.98 Å². The average molecular weight is 276 g/mol. The number of benzene rings is 1. The molecule has 0 bridgehead atoms. The first-order valence-electron chi connectivity index (χ1n) is 5.98. The van der Waals surface area contributed by atoms with Crippen LogP contribution < -0.4 is 4.72 Å². The van der Waals surface area contributed by atoms with Gasteiger partial charge in [-0.05, 0) is 49.2 Å². The first kappa shape index (κ1) is 13.7. The van der Waals surface area contributed by atoms with Crippen LogP contribution in [0.3, 0.4) is 0 Å². The molecule has 0 saturated carbocycles. The van der Waals surface area contributed by atoms with E-state index in [-0.39, 0.29) is 10.9 Å². The van der Waals surface area contributed by atoms with Gasteiger partial charge in [0.2, 0.25) is 10.0 Å². The number of sulfonamides is 1. The first-order valence-corrected chi connectivity index (χ1v) is 7.46. The molecule has 0 aliphatic heterocycles. The molecule has 0 amide bonds. The van der Waals surface area contributed by atoms with Crippen LogP contribution in [0.4, 0.5) is 0 Å². The second-order valence-electron chi connectivity index (χ2n) is 4.44. The summed E-state index contributed by atoms with van der Waals surface area (Å²) in [4.78, 5) is 4.20. The lowest BCUT2D eigenvalue weighted by Gasteiger charge is -2.14. The van der Waals surface area contributed by atoms with Gasteiger partial charge in [-0.15, -0.1) is 0 Å². The lowest BCUT2D eigenvalue weighted by Crippen LogP contribution is -2.26. The van der Waals surface area contributed by atoms with Crippen LogP contribution in [0.15, 0.2) is 53.7 Å². The van der Waals surface area contributed by atoms with Crippen molar-refractivity contribution in [3.05, 3.63) is 59.9 Å². The third-order valence-corrected chi connectivity index (χ3v) is 4.38. The molecule has 5 heteroatoms. The van der Waals surface area contributed by atoms with Crippen LogP contribution in [-0.4, -0.2) is 13.4 Å². The molecule has 0 saturated heterocycles. The molecule has 1 atom stereocenters. The van der Waals surface area contributed by atoms with E-state index in [1.165, 1.54) is 0 Å². The Bertz CT molecular complexity index is 654. The van der Waals surface area contributed by atoms with E-state index in [0.29, 0.717) is 0 Å². The third kappa shape index (κ3) is 3.39. The van der Waals surface area contributed by atoms with Crippen molar-refractivity contribution in [2.45, 2.75) is 24.8 Å². The molecule has 4 nitrogen and oxygen atoms in total. The summed E-state index contributed by atoms with van der Waals surface area (Å²) in [7, 11) is -3.50. The van der Waals surface area contributed by atoms with E-state index in [1.807, 2.05) is 19.9 Å². The molecule has 19 heavy (non-hydrogen) atoms. The molecule has 1 unspecified atom stereocenters. The van der Waals surface area contributed by atoms with Crippen LogP contribution >= 0.6 is 0 Å². The monoisotopic (exact) mass is 276 g/mol. The van der Waals surface area contributed by atoms with Crippen LogP contribution in [0.2, 0.25) is 0 Å². The van der Waals surface area contributed by atoms with Gasteiger partial charge in [0.1, 0.15) is 0 Å². The number of pyridine rings is 1. The highest BCUT2D eigenvalue weighted by molar-refractivity contribution is 7.89. The minimum Gasteiger partial charge on any atom is -0.265 e. The van der Waals surface area contributed by atoms with E-state index in [2.05, 4.69) is 9.71 Å². The molecule has 1 aromatic carbocycles. The Hall–Kier alpha value is -1.72. The van der Waals surface area contributed by atoms with E-state index in [9.17, 15) is 8.42 Å². The predicted molar refractivity (Wildman–Crippen MR) is 74.2 cm³/mol. The molecule has 0 fully saturated rings. The summed E-state index contributed by atoms with van der Waals surface area (Å²) < 4.78 is 27.1. The number of rotatable bonds is 4. The largest absolute Gasteiger partial charge is 0.265 e. The summed E-state index contributed by atoms with van der Waals surface area (Å²) in [5.74, 6) is 0. The molecule has 0 radical (unpaired) electrons. The van der Waals surface area contributed by atoms with Gasteiger partial charge < -0.3 is 0 Å².